The quantitative estimate of drug-likeness (QED) is 0.743. The lowest BCUT2D eigenvalue weighted by Gasteiger charge is -2.15. The second kappa shape index (κ2) is 3.96. The fourth-order valence-electron chi connectivity index (χ4n) is 2.38. The predicted molar refractivity (Wildman–Crippen MR) is 59.6 cm³/mol. The van der Waals surface area contributed by atoms with Gasteiger partial charge in [0, 0.05) is 7.05 Å². The molecule has 0 bridgehead atoms. The second-order valence-electron chi connectivity index (χ2n) is 4.00. The van der Waals surface area contributed by atoms with Crippen LogP contribution < -0.4 is 11.1 Å². The lowest BCUT2D eigenvalue weighted by Crippen LogP contribution is -2.35. The summed E-state index contributed by atoms with van der Waals surface area (Å²) in [5.41, 5.74) is 7.31. The summed E-state index contributed by atoms with van der Waals surface area (Å²) in [5, 5.41) is 2.58. The molecule has 0 saturated carbocycles. The fourth-order valence-corrected chi connectivity index (χ4v) is 2.38. The van der Waals surface area contributed by atoms with Crippen LogP contribution in [-0.4, -0.2) is 18.9 Å². The third-order valence-corrected chi connectivity index (χ3v) is 3.12. The van der Waals surface area contributed by atoms with Crippen LogP contribution in [0.2, 0.25) is 0 Å². The van der Waals surface area contributed by atoms with Crippen LogP contribution in [0.5, 0.6) is 0 Å². The fraction of sp³-hybridized carbons (Fsp3) is 0.333. The topological polar surface area (TPSA) is 72.2 Å². The highest BCUT2D eigenvalue weighted by Gasteiger charge is 2.39. The SMILES string of the molecule is CNC(=O)C1Cc2ccccc2C1C(N)=O. The molecule has 4 heteroatoms. The van der Waals surface area contributed by atoms with E-state index >= 15 is 0 Å². The van der Waals surface area contributed by atoms with Crippen LogP contribution in [0.25, 0.3) is 0 Å². The summed E-state index contributed by atoms with van der Waals surface area (Å²) in [7, 11) is 1.57. The van der Waals surface area contributed by atoms with Gasteiger partial charge in [0.2, 0.25) is 11.8 Å². The first kappa shape index (κ1) is 10.7. The number of nitrogens with one attached hydrogen (secondary N) is 1. The molecule has 4 nitrogen and oxygen atoms in total. The monoisotopic (exact) mass is 218 g/mol. The zero-order chi connectivity index (χ0) is 11.7. The van der Waals surface area contributed by atoms with E-state index in [1.165, 1.54) is 0 Å². The zero-order valence-corrected chi connectivity index (χ0v) is 9.07. The van der Waals surface area contributed by atoms with Gasteiger partial charge in [0.05, 0.1) is 11.8 Å². The average Bonchev–Trinajstić information content (AvgIpc) is 2.67. The number of nitrogens with two attached hydrogens (primary N) is 1. The first-order valence-electron chi connectivity index (χ1n) is 5.24. The molecule has 0 aromatic heterocycles. The maximum absolute atomic E-state index is 11.7. The zero-order valence-electron chi connectivity index (χ0n) is 9.07. The minimum atomic E-state index is -0.490. The van der Waals surface area contributed by atoms with Crippen LogP contribution >= 0.6 is 0 Å². The highest BCUT2D eigenvalue weighted by Crippen LogP contribution is 2.37. The van der Waals surface area contributed by atoms with E-state index in [9.17, 15) is 9.59 Å². The molecule has 84 valence electrons. The summed E-state index contributed by atoms with van der Waals surface area (Å²) in [6.07, 6.45) is 0.587. The standard InChI is InChI=1S/C12H14N2O2/c1-14-12(16)9-6-7-4-2-3-5-8(7)10(9)11(13)15/h2-5,9-10H,6H2,1H3,(H2,13,15)(H,14,16). The largest absolute Gasteiger partial charge is 0.369 e. The van der Waals surface area contributed by atoms with Gasteiger partial charge in [-0.1, -0.05) is 24.3 Å². The van der Waals surface area contributed by atoms with Crippen molar-refractivity contribution in [2.45, 2.75) is 12.3 Å². The van der Waals surface area contributed by atoms with Gasteiger partial charge in [-0.15, -0.1) is 0 Å². The van der Waals surface area contributed by atoms with E-state index in [-0.39, 0.29) is 11.8 Å². The van der Waals surface area contributed by atoms with Crippen molar-refractivity contribution in [2.24, 2.45) is 11.7 Å². The van der Waals surface area contributed by atoms with E-state index in [4.69, 9.17) is 5.73 Å². The van der Waals surface area contributed by atoms with E-state index in [0.29, 0.717) is 6.42 Å². The van der Waals surface area contributed by atoms with Gasteiger partial charge in [0.15, 0.2) is 0 Å². The number of carbonyl (C=O) groups excluding carboxylic acids is 2. The Bertz CT molecular complexity index is 442. The van der Waals surface area contributed by atoms with Crippen LogP contribution in [0.4, 0.5) is 0 Å². The number of hydrogen-bond donors (Lipinski definition) is 2. The average molecular weight is 218 g/mol. The molecule has 3 N–H and O–H groups in total. The van der Waals surface area contributed by atoms with Gasteiger partial charge in [0.25, 0.3) is 0 Å². The number of primary amides is 1. The molecule has 2 rings (SSSR count). The predicted octanol–water partition coefficient (Wildman–Crippen LogP) is 0.174. The first-order chi connectivity index (χ1) is 7.65. The molecule has 2 atom stereocenters. The molecular formula is C12H14N2O2. The molecule has 1 aliphatic carbocycles. The second-order valence-corrected chi connectivity index (χ2v) is 4.00. The molecule has 16 heavy (non-hydrogen) atoms. The van der Waals surface area contributed by atoms with Crippen LogP contribution in [0.1, 0.15) is 17.0 Å². The normalized spacial score (nSPS) is 22.6. The number of carbonyl (C=O) groups is 2. The highest BCUT2D eigenvalue weighted by atomic mass is 16.2. The summed E-state index contributed by atoms with van der Waals surface area (Å²) >= 11 is 0. The van der Waals surface area contributed by atoms with E-state index < -0.39 is 11.8 Å². The van der Waals surface area contributed by atoms with E-state index in [2.05, 4.69) is 5.32 Å². The lowest BCUT2D eigenvalue weighted by atomic mass is 9.91. The molecule has 2 unspecified atom stereocenters. The molecule has 0 radical (unpaired) electrons. The van der Waals surface area contributed by atoms with Crippen molar-refractivity contribution in [3.05, 3.63) is 35.4 Å². The van der Waals surface area contributed by atoms with Gasteiger partial charge in [-0.25, -0.2) is 0 Å². The molecule has 0 saturated heterocycles. The van der Waals surface area contributed by atoms with Gasteiger partial charge in [-0.05, 0) is 17.5 Å². The Balaban J connectivity index is 2.41. The minimum Gasteiger partial charge on any atom is -0.369 e. The van der Waals surface area contributed by atoms with Crippen molar-refractivity contribution in [1.82, 2.24) is 5.32 Å². The van der Waals surface area contributed by atoms with Crippen molar-refractivity contribution >= 4 is 11.8 Å². The molecule has 0 fully saturated rings. The van der Waals surface area contributed by atoms with Gasteiger partial charge >= 0.3 is 0 Å². The maximum atomic E-state index is 11.7. The summed E-state index contributed by atoms with van der Waals surface area (Å²) < 4.78 is 0. The molecule has 1 aromatic carbocycles. The Morgan fingerprint density at radius 3 is 2.69 bits per heavy atom. The van der Waals surface area contributed by atoms with Crippen LogP contribution in [-0.2, 0) is 16.0 Å². The number of benzene rings is 1. The van der Waals surface area contributed by atoms with Crippen molar-refractivity contribution in [2.75, 3.05) is 7.05 Å². The Hall–Kier alpha value is -1.84. The van der Waals surface area contributed by atoms with Crippen molar-refractivity contribution in [3.8, 4) is 0 Å². The first-order valence-corrected chi connectivity index (χ1v) is 5.24. The van der Waals surface area contributed by atoms with Crippen molar-refractivity contribution in [1.29, 1.82) is 0 Å². The van der Waals surface area contributed by atoms with Gasteiger partial charge in [-0.2, -0.15) is 0 Å². The smallest absolute Gasteiger partial charge is 0.225 e. The maximum Gasteiger partial charge on any atom is 0.225 e. The third-order valence-electron chi connectivity index (χ3n) is 3.12. The van der Waals surface area contributed by atoms with Gasteiger partial charge < -0.3 is 11.1 Å². The summed E-state index contributed by atoms with van der Waals surface area (Å²) in [4.78, 5) is 23.1. The number of amides is 2. The van der Waals surface area contributed by atoms with Crippen LogP contribution in [0.15, 0.2) is 24.3 Å². The Morgan fingerprint density at radius 2 is 2.06 bits per heavy atom. The van der Waals surface area contributed by atoms with Crippen molar-refractivity contribution in [3.63, 3.8) is 0 Å². The van der Waals surface area contributed by atoms with Crippen LogP contribution in [0.3, 0.4) is 0 Å². The molecule has 2 amide bonds. The van der Waals surface area contributed by atoms with E-state index in [1.807, 2.05) is 24.3 Å². The minimum absolute atomic E-state index is 0.125. The molecule has 1 aromatic rings. The molecule has 0 aliphatic heterocycles. The number of fused-ring (bicyclic) bond motifs is 1. The number of hydrogen-bond acceptors (Lipinski definition) is 2. The molecular weight excluding hydrogens is 204 g/mol. The molecule has 1 aliphatic rings. The lowest BCUT2D eigenvalue weighted by molar-refractivity contribution is -0.129. The van der Waals surface area contributed by atoms with E-state index in [1.54, 1.807) is 7.05 Å². The summed E-state index contributed by atoms with van der Waals surface area (Å²) in [6, 6.07) is 7.58. The Morgan fingerprint density at radius 1 is 1.38 bits per heavy atom. The molecule has 0 heterocycles. The van der Waals surface area contributed by atoms with Crippen LogP contribution in [0, 0.1) is 5.92 Å². The highest BCUT2D eigenvalue weighted by molar-refractivity contribution is 5.92. The Labute approximate surface area is 93.8 Å². The van der Waals surface area contributed by atoms with Crippen molar-refractivity contribution < 1.29 is 9.59 Å². The van der Waals surface area contributed by atoms with Gasteiger partial charge in [-0.3, -0.25) is 9.59 Å². The number of rotatable bonds is 2. The Kier molecular flexibility index (Phi) is 2.64. The van der Waals surface area contributed by atoms with E-state index in [0.717, 1.165) is 11.1 Å². The molecule has 0 spiro atoms. The van der Waals surface area contributed by atoms with Gasteiger partial charge in [0.1, 0.15) is 0 Å². The summed E-state index contributed by atoms with van der Waals surface area (Å²) in [5.74, 6) is -1.41. The summed E-state index contributed by atoms with van der Waals surface area (Å²) in [6.45, 7) is 0. The third kappa shape index (κ3) is 1.56.